The third-order valence-corrected chi connectivity index (χ3v) is 10.5. The molecule has 0 atom stereocenters. The summed E-state index contributed by atoms with van der Waals surface area (Å²) in [6.07, 6.45) is 0. The van der Waals surface area contributed by atoms with Crippen molar-refractivity contribution in [1.82, 2.24) is 0 Å². The van der Waals surface area contributed by atoms with Crippen LogP contribution in [0.25, 0.3) is 64.3 Å². The Labute approximate surface area is 284 Å². The molecular formula is C46H31NS. The molecule has 0 saturated carbocycles. The molecule has 0 fully saturated rings. The van der Waals surface area contributed by atoms with Crippen molar-refractivity contribution in [1.29, 1.82) is 0 Å². The minimum atomic E-state index is 1.12. The number of thiophene rings is 1. The van der Waals surface area contributed by atoms with Crippen LogP contribution < -0.4 is 4.90 Å². The van der Waals surface area contributed by atoms with Crippen molar-refractivity contribution < 1.29 is 0 Å². The average molecular weight is 630 g/mol. The Morgan fingerprint density at radius 3 is 1.60 bits per heavy atom. The van der Waals surface area contributed by atoms with Crippen molar-refractivity contribution in [2.24, 2.45) is 0 Å². The summed E-state index contributed by atoms with van der Waals surface area (Å²) in [5.41, 5.74) is 10.7. The zero-order valence-electron chi connectivity index (χ0n) is 26.3. The third-order valence-electron chi connectivity index (χ3n) is 9.27. The topological polar surface area (TPSA) is 3.24 Å². The van der Waals surface area contributed by atoms with Crippen molar-refractivity contribution in [3.8, 4) is 33.4 Å². The van der Waals surface area contributed by atoms with Crippen LogP contribution in [0.3, 0.4) is 0 Å². The fourth-order valence-corrected chi connectivity index (χ4v) is 8.15. The number of hydrogen-bond donors (Lipinski definition) is 0. The van der Waals surface area contributed by atoms with Crippen LogP contribution in [0.1, 0.15) is 0 Å². The van der Waals surface area contributed by atoms with Crippen molar-refractivity contribution in [2.45, 2.75) is 0 Å². The Bertz CT molecular complexity index is 2530. The second-order valence-electron chi connectivity index (χ2n) is 12.1. The molecule has 0 spiro atoms. The molecule has 0 radical (unpaired) electrons. The van der Waals surface area contributed by atoms with Crippen molar-refractivity contribution in [3.05, 3.63) is 188 Å². The van der Waals surface area contributed by atoms with Gasteiger partial charge in [-0.1, -0.05) is 152 Å². The molecule has 0 amide bonds. The lowest BCUT2D eigenvalue weighted by Gasteiger charge is -2.29. The molecule has 0 aliphatic carbocycles. The van der Waals surface area contributed by atoms with Gasteiger partial charge in [-0.2, -0.15) is 0 Å². The summed E-state index contributed by atoms with van der Waals surface area (Å²) in [6, 6.07) is 68.1. The summed E-state index contributed by atoms with van der Waals surface area (Å²) >= 11 is 1.89. The van der Waals surface area contributed by atoms with E-state index < -0.39 is 0 Å². The summed E-state index contributed by atoms with van der Waals surface area (Å²) in [6.45, 7) is 0. The molecule has 1 nitrogen and oxygen atoms in total. The first-order valence-electron chi connectivity index (χ1n) is 16.4. The Balaban J connectivity index is 1.28. The highest BCUT2D eigenvalue weighted by molar-refractivity contribution is 7.26. The van der Waals surface area contributed by atoms with Gasteiger partial charge in [-0.3, -0.25) is 0 Å². The summed E-state index contributed by atoms with van der Waals surface area (Å²) in [7, 11) is 0. The predicted octanol–water partition coefficient (Wildman–Crippen LogP) is 13.7. The largest absolute Gasteiger partial charge is 0.309 e. The molecule has 0 saturated heterocycles. The molecule has 1 heterocycles. The molecule has 226 valence electrons. The van der Waals surface area contributed by atoms with Gasteiger partial charge >= 0.3 is 0 Å². The fraction of sp³-hybridized carbons (Fsp3) is 0. The third kappa shape index (κ3) is 4.95. The Morgan fingerprint density at radius 2 is 0.875 bits per heavy atom. The second kappa shape index (κ2) is 12.0. The zero-order chi connectivity index (χ0) is 31.9. The van der Waals surface area contributed by atoms with Crippen molar-refractivity contribution in [3.63, 3.8) is 0 Å². The molecule has 9 aromatic rings. The fourth-order valence-electron chi connectivity index (χ4n) is 6.94. The van der Waals surface area contributed by atoms with Gasteiger partial charge in [-0.15, -0.1) is 11.3 Å². The molecular weight excluding hydrogens is 599 g/mol. The maximum Gasteiger partial charge on any atom is 0.0547 e. The van der Waals surface area contributed by atoms with Crippen LogP contribution in [-0.2, 0) is 0 Å². The Kier molecular flexibility index (Phi) is 7.07. The number of anilines is 3. The standard InChI is InChI=1S/C46H31NS/c1-4-14-32(15-5-1)34-24-26-35(27-25-34)38-20-12-13-23-43(38)47(37-18-8-3-9-19-37)44-31-42-41-30-36(33-16-6-2-7-17-33)28-29-45(41)48-46(42)40-22-11-10-21-39(40)44/h1-31H. The molecule has 0 unspecified atom stereocenters. The maximum absolute atomic E-state index is 2.45. The van der Waals surface area contributed by atoms with Gasteiger partial charge in [-0.25, -0.2) is 0 Å². The van der Waals surface area contributed by atoms with Crippen LogP contribution in [0.15, 0.2) is 188 Å². The van der Waals surface area contributed by atoms with Gasteiger partial charge in [0.25, 0.3) is 0 Å². The van der Waals surface area contributed by atoms with Crippen LogP contribution >= 0.6 is 11.3 Å². The van der Waals surface area contributed by atoms with Crippen LogP contribution in [0, 0.1) is 0 Å². The van der Waals surface area contributed by atoms with Gasteiger partial charge in [0.1, 0.15) is 0 Å². The van der Waals surface area contributed by atoms with E-state index in [0.29, 0.717) is 0 Å². The molecule has 0 aliphatic rings. The lowest BCUT2D eigenvalue weighted by atomic mass is 9.97. The SMILES string of the molecule is c1ccc(-c2ccc(-c3ccccc3N(c3ccccc3)c3cc4c5cc(-c6ccccc6)ccc5sc4c4ccccc34)cc2)cc1. The molecule has 1 aromatic heterocycles. The van der Waals surface area contributed by atoms with Gasteiger partial charge < -0.3 is 4.90 Å². The Morgan fingerprint density at radius 1 is 0.333 bits per heavy atom. The second-order valence-corrected chi connectivity index (χ2v) is 13.2. The van der Waals surface area contributed by atoms with E-state index in [4.69, 9.17) is 0 Å². The number of nitrogens with zero attached hydrogens (tertiary/aromatic N) is 1. The molecule has 2 heteroatoms. The van der Waals surface area contributed by atoms with Gasteiger partial charge in [0, 0.05) is 42.2 Å². The van der Waals surface area contributed by atoms with E-state index >= 15 is 0 Å². The minimum absolute atomic E-state index is 1.12. The summed E-state index contributed by atoms with van der Waals surface area (Å²) < 4.78 is 2.63. The maximum atomic E-state index is 2.45. The number of fused-ring (bicyclic) bond motifs is 5. The van der Waals surface area contributed by atoms with Crippen molar-refractivity contribution in [2.75, 3.05) is 4.90 Å². The monoisotopic (exact) mass is 629 g/mol. The first-order chi connectivity index (χ1) is 23.8. The first-order valence-corrected chi connectivity index (χ1v) is 17.2. The van der Waals surface area contributed by atoms with E-state index in [1.807, 2.05) is 11.3 Å². The first kappa shape index (κ1) is 28.3. The predicted molar refractivity (Wildman–Crippen MR) is 208 cm³/mol. The number of benzene rings is 8. The number of hydrogen-bond acceptors (Lipinski definition) is 2. The van der Waals surface area contributed by atoms with E-state index in [1.54, 1.807) is 0 Å². The van der Waals surface area contributed by atoms with Crippen LogP contribution in [0.5, 0.6) is 0 Å². The summed E-state index contributed by atoms with van der Waals surface area (Å²) in [5, 5.41) is 5.09. The molecule has 9 rings (SSSR count). The van der Waals surface area contributed by atoms with E-state index in [0.717, 1.165) is 11.4 Å². The minimum Gasteiger partial charge on any atom is -0.309 e. The van der Waals surface area contributed by atoms with Crippen LogP contribution in [0.4, 0.5) is 17.1 Å². The van der Waals surface area contributed by atoms with E-state index in [1.165, 1.54) is 70.0 Å². The molecule has 0 N–H and O–H groups in total. The normalized spacial score (nSPS) is 11.3. The number of rotatable bonds is 6. The van der Waals surface area contributed by atoms with E-state index in [9.17, 15) is 0 Å². The van der Waals surface area contributed by atoms with E-state index in [2.05, 4.69) is 193 Å². The molecule has 48 heavy (non-hydrogen) atoms. The van der Waals surface area contributed by atoms with Crippen molar-refractivity contribution >= 4 is 59.3 Å². The van der Waals surface area contributed by atoms with E-state index in [-0.39, 0.29) is 0 Å². The van der Waals surface area contributed by atoms with Gasteiger partial charge in [0.15, 0.2) is 0 Å². The smallest absolute Gasteiger partial charge is 0.0547 e. The highest BCUT2D eigenvalue weighted by atomic mass is 32.1. The van der Waals surface area contributed by atoms with Crippen LogP contribution in [-0.4, -0.2) is 0 Å². The number of para-hydroxylation sites is 2. The summed E-state index contributed by atoms with van der Waals surface area (Å²) in [5.74, 6) is 0. The highest BCUT2D eigenvalue weighted by Gasteiger charge is 2.22. The zero-order valence-corrected chi connectivity index (χ0v) is 27.1. The van der Waals surface area contributed by atoms with Gasteiger partial charge in [-0.05, 0) is 64.2 Å². The Hall–Kier alpha value is -5.96. The van der Waals surface area contributed by atoms with Gasteiger partial charge in [0.2, 0.25) is 0 Å². The molecule has 8 aromatic carbocycles. The lowest BCUT2D eigenvalue weighted by Crippen LogP contribution is -2.11. The van der Waals surface area contributed by atoms with Gasteiger partial charge in [0.05, 0.1) is 11.4 Å². The average Bonchev–Trinajstić information content (AvgIpc) is 3.54. The molecule has 0 aliphatic heterocycles. The quantitative estimate of drug-likeness (QED) is 0.177. The summed E-state index contributed by atoms with van der Waals surface area (Å²) in [4.78, 5) is 2.45. The van der Waals surface area contributed by atoms with Crippen LogP contribution in [0.2, 0.25) is 0 Å². The lowest BCUT2D eigenvalue weighted by molar-refractivity contribution is 1.30. The molecule has 0 bridgehead atoms. The highest BCUT2D eigenvalue weighted by Crippen LogP contribution is 2.48.